The van der Waals surface area contributed by atoms with Crippen molar-refractivity contribution in [2.45, 2.75) is 51.6 Å². The summed E-state index contributed by atoms with van der Waals surface area (Å²) in [6.45, 7) is 1.13. The molecule has 0 unspecified atom stereocenters. The molecule has 2 aliphatic rings. The maximum absolute atomic E-state index is 13.1. The second-order valence-electron chi connectivity index (χ2n) is 7.32. The van der Waals surface area contributed by atoms with E-state index in [1.54, 1.807) is 0 Å². The molecule has 0 aromatic heterocycles. The molecular weight excluding hydrogens is 318 g/mol. The number of hydrogen-bond donors (Lipinski definition) is 1. The van der Waals surface area contributed by atoms with Crippen LogP contribution in [-0.4, -0.2) is 35.2 Å². The predicted molar refractivity (Wildman–Crippen MR) is 94.1 cm³/mol. The van der Waals surface area contributed by atoms with Gasteiger partial charge in [-0.25, -0.2) is 4.79 Å². The molecule has 0 radical (unpaired) electrons. The number of esters is 1. The van der Waals surface area contributed by atoms with E-state index in [1.807, 2.05) is 30.3 Å². The molecule has 25 heavy (non-hydrogen) atoms. The predicted octanol–water partition coefficient (Wildman–Crippen LogP) is 4.07. The highest BCUT2D eigenvalue weighted by atomic mass is 16.5. The van der Waals surface area contributed by atoms with Crippen LogP contribution in [0.15, 0.2) is 30.3 Å². The number of carbonyl (C=O) groups excluding carboxylic acids is 1. The minimum Gasteiger partial charge on any atom is -0.465 e. The quantitative estimate of drug-likeness (QED) is 0.835. The molecule has 1 N–H and O–H groups in total. The van der Waals surface area contributed by atoms with Crippen molar-refractivity contribution in [3.8, 4) is 0 Å². The number of hydrogen-bond acceptors (Lipinski definition) is 3. The average Bonchev–Trinajstić information content (AvgIpc) is 2.67. The molecule has 1 heterocycles. The van der Waals surface area contributed by atoms with Crippen molar-refractivity contribution in [3.05, 3.63) is 35.9 Å². The van der Waals surface area contributed by atoms with Gasteiger partial charge in [-0.3, -0.25) is 4.79 Å². The van der Waals surface area contributed by atoms with Gasteiger partial charge in [0.1, 0.15) is 6.61 Å². The normalized spacial score (nSPS) is 20.9. The molecular formula is C20H27NO4. The topological polar surface area (TPSA) is 66.8 Å². The number of piperidine rings is 1. The first kappa shape index (κ1) is 17.8. The minimum absolute atomic E-state index is 0.131. The standard InChI is InChI=1S/C20H27NO4/c22-18(25-15-16-7-3-1-4-8-16)20(17-9-5-2-6-10-17)11-13-21(14-12-20)19(23)24/h1,3-4,7-8,17H,2,5-6,9-15H2,(H,23,24). The number of likely N-dealkylation sites (tertiary alicyclic amines) is 1. The van der Waals surface area contributed by atoms with Gasteiger partial charge in [-0.2, -0.15) is 0 Å². The van der Waals surface area contributed by atoms with E-state index in [-0.39, 0.29) is 12.6 Å². The summed E-state index contributed by atoms with van der Waals surface area (Å²) in [6, 6.07) is 9.72. The Labute approximate surface area is 149 Å². The Kier molecular flexibility index (Phi) is 5.61. The molecule has 2 fully saturated rings. The summed E-state index contributed by atoms with van der Waals surface area (Å²) < 4.78 is 5.71. The van der Waals surface area contributed by atoms with Gasteiger partial charge in [0.05, 0.1) is 5.41 Å². The number of carboxylic acid groups (broad SMARTS) is 1. The molecule has 0 bridgehead atoms. The third kappa shape index (κ3) is 3.97. The number of rotatable bonds is 4. The molecule has 1 amide bonds. The highest BCUT2D eigenvalue weighted by Crippen LogP contribution is 2.46. The van der Waals surface area contributed by atoms with Crippen LogP contribution in [0, 0.1) is 11.3 Å². The van der Waals surface area contributed by atoms with E-state index in [9.17, 15) is 14.7 Å². The second kappa shape index (κ2) is 7.89. The largest absolute Gasteiger partial charge is 0.465 e. The lowest BCUT2D eigenvalue weighted by Gasteiger charge is -2.45. The smallest absolute Gasteiger partial charge is 0.407 e. The molecule has 1 aliphatic carbocycles. The van der Waals surface area contributed by atoms with Crippen LogP contribution in [-0.2, 0) is 16.1 Å². The summed E-state index contributed by atoms with van der Waals surface area (Å²) in [5.74, 6) is 0.189. The van der Waals surface area contributed by atoms with Crippen LogP contribution in [0.25, 0.3) is 0 Å². The lowest BCUT2D eigenvalue weighted by molar-refractivity contribution is -0.166. The summed E-state index contributed by atoms with van der Waals surface area (Å²) in [5, 5.41) is 9.22. The minimum atomic E-state index is -0.894. The van der Waals surface area contributed by atoms with E-state index < -0.39 is 11.5 Å². The molecule has 1 saturated carbocycles. The lowest BCUT2D eigenvalue weighted by Crippen LogP contribution is -2.50. The van der Waals surface area contributed by atoms with Gasteiger partial charge in [-0.1, -0.05) is 49.6 Å². The molecule has 0 spiro atoms. The molecule has 1 aliphatic heterocycles. The van der Waals surface area contributed by atoms with Gasteiger partial charge in [0, 0.05) is 13.1 Å². The Hall–Kier alpha value is -2.04. The molecule has 136 valence electrons. The molecule has 1 aromatic rings. The van der Waals surface area contributed by atoms with Crippen molar-refractivity contribution in [2.75, 3.05) is 13.1 Å². The Bertz CT molecular complexity index is 587. The highest BCUT2D eigenvalue weighted by molar-refractivity contribution is 5.78. The monoisotopic (exact) mass is 345 g/mol. The van der Waals surface area contributed by atoms with Crippen molar-refractivity contribution >= 4 is 12.1 Å². The number of ether oxygens (including phenoxy) is 1. The molecule has 3 rings (SSSR count). The van der Waals surface area contributed by atoms with Crippen LogP contribution < -0.4 is 0 Å². The number of benzene rings is 1. The van der Waals surface area contributed by atoms with Crippen LogP contribution in [0.2, 0.25) is 0 Å². The van der Waals surface area contributed by atoms with Crippen LogP contribution >= 0.6 is 0 Å². The summed E-state index contributed by atoms with van der Waals surface area (Å²) in [7, 11) is 0. The SMILES string of the molecule is O=C(O)N1CCC(C(=O)OCc2ccccc2)(C2CCCCC2)CC1. The number of carbonyl (C=O) groups is 2. The Morgan fingerprint density at radius 2 is 1.72 bits per heavy atom. The maximum atomic E-state index is 13.1. The van der Waals surface area contributed by atoms with E-state index in [0.29, 0.717) is 31.8 Å². The van der Waals surface area contributed by atoms with E-state index in [0.717, 1.165) is 31.2 Å². The second-order valence-corrected chi connectivity index (χ2v) is 7.32. The van der Waals surface area contributed by atoms with Crippen LogP contribution in [0.4, 0.5) is 4.79 Å². The fraction of sp³-hybridized carbons (Fsp3) is 0.600. The van der Waals surface area contributed by atoms with Crippen molar-refractivity contribution in [2.24, 2.45) is 11.3 Å². The molecule has 5 nitrogen and oxygen atoms in total. The zero-order valence-electron chi connectivity index (χ0n) is 14.7. The van der Waals surface area contributed by atoms with E-state index in [4.69, 9.17) is 4.74 Å². The highest BCUT2D eigenvalue weighted by Gasteiger charge is 2.49. The zero-order chi connectivity index (χ0) is 17.7. The Morgan fingerprint density at radius 3 is 2.32 bits per heavy atom. The van der Waals surface area contributed by atoms with Gasteiger partial charge in [-0.15, -0.1) is 0 Å². The molecule has 1 aromatic carbocycles. The van der Waals surface area contributed by atoms with Gasteiger partial charge in [0.15, 0.2) is 0 Å². The summed E-state index contributed by atoms with van der Waals surface area (Å²) in [5.41, 5.74) is 0.471. The Morgan fingerprint density at radius 1 is 1.08 bits per heavy atom. The van der Waals surface area contributed by atoms with Crippen molar-refractivity contribution < 1.29 is 19.4 Å². The number of amides is 1. The van der Waals surface area contributed by atoms with Crippen LogP contribution in [0.5, 0.6) is 0 Å². The van der Waals surface area contributed by atoms with Crippen molar-refractivity contribution in [3.63, 3.8) is 0 Å². The first-order valence-corrected chi connectivity index (χ1v) is 9.31. The van der Waals surface area contributed by atoms with Crippen LogP contribution in [0.1, 0.15) is 50.5 Å². The first-order valence-electron chi connectivity index (χ1n) is 9.31. The molecule has 5 heteroatoms. The van der Waals surface area contributed by atoms with Gasteiger partial charge in [0.2, 0.25) is 0 Å². The van der Waals surface area contributed by atoms with Gasteiger partial charge in [0.25, 0.3) is 0 Å². The van der Waals surface area contributed by atoms with Crippen LogP contribution in [0.3, 0.4) is 0 Å². The average molecular weight is 345 g/mol. The van der Waals surface area contributed by atoms with Gasteiger partial charge < -0.3 is 14.7 Å². The summed E-state index contributed by atoms with van der Waals surface area (Å²) >= 11 is 0. The fourth-order valence-electron chi connectivity index (χ4n) is 4.40. The molecule has 0 atom stereocenters. The van der Waals surface area contributed by atoms with Crippen molar-refractivity contribution in [1.82, 2.24) is 4.90 Å². The summed E-state index contributed by atoms with van der Waals surface area (Å²) in [4.78, 5) is 25.7. The fourth-order valence-corrected chi connectivity index (χ4v) is 4.40. The Balaban J connectivity index is 1.71. The van der Waals surface area contributed by atoms with E-state index >= 15 is 0 Å². The van der Waals surface area contributed by atoms with Gasteiger partial charge in [-0.05, 0) is 37.2 Å². The lowest BCUT2D eigenvalue weighted by atomic mass is 9.64. The first-order chi connectivity index (χ1) is 12.1. The maximum Gasteiger partial charge on any atom is 0.407 e. The van der Waals surface area contributed by atoms with Crippen molar-refractivity contribution in [1.29, 1.82) is 0 Å². The van der Waals surface area contributed by atoms with Gasteiger partial charge >= 0.3 is 12.1 Å². The molecule has 1 saturated heterocycles. The van der Waals surface area contributed by atoms with E-state index in [1.165, 1.54) is 11.3 Å². The summed E-state index contributed by atoms with van der Waals surface area (Å²) in [6.07, 6.45) is 5.90. The number of nitrogens with zero attached hydrogens (tertiary/aromatic N) is 1. The zero-order valence-corrected chi connectivity index (χ0v) is 14.7. The third-order valence-corrected chi connectivity index (χ3v) is 5.93. The third-order valence-electron chi connectivity index (χ3n) is 5.93. The van der Waals surface area contributed by atoms with E-state index in [2.05, 4.69) is 0 Å².